The van der Waals surface area contributed by atoms with E-state index in [1.165, 1.54) is 0 Å². The maximum atomic E-state index is 10.5. The van der Waals surface area contributed by atoms with Crippen molar-refractivity contribution in [3.63, 3.8) is 0 Å². The van der Waals surface area contributed by atoms with Crippen LogP contribution in [0.15, 0.2) is 0 Å². The topological polar surface area (TPSA) is 54.4 Å². The van der Waals surface area contributed by atoms with Crippen LogP contribution in [0, 0.1) is 5.92 Å². The Balaban J connectivity index is 0. The number of carbonyl (C=O) groups excluding carboxylic acids is 1. The molecule has 0 aliphatic carbocycles. The van der Waals surface area contributed by atoms with Crippen molar-refractivity contribution in [3.05, 3.63) is 0 Å². The average Bonchev–Trinajstić information content (AvgIpc) is 1.84. The molecule has 1 atom stereocenters. The molecule has 0 aliphatic rings. The number of Topliss-reactive ketones (excluding diaryl/α,β-unsaturated/α-hetero) is 1. The molecule has 3 nitrogen and oxygen atoms in total. The van der Waals surface area contributed by atoms with Crippen LogP contribution in [0.2, 0.25) is 0 Å². The molecule has 1 unspecified atom stereocenters. The molecule has 0 saturated carbocycles. The minimum atomic E-state index is -1.33. The summed E-state index contributed by atoms with van der Waals surface area (Å²) in [4.78, 5) is 20.4. The van der Waals surface area contributed by atoms with Crippen molar-refractivity contribution >= 4 is 49.5 Å². The quantitative estimate of drug-likeness (QED) is 0.489. The van der Waals surface area contributed by atoms with Gasteiger partial charge in [-0.2, -0.15) is 0 Å². The second-order valence-electron chi connectivity index (χ2n) is 1.98. The molecule has 0 amide bonds. The number of rotatable bonds is 3. The number of hydrogen-bond donors (Lipinski definition) is 1. The van der Waals surface area contributed by atoms with Crippen molar-refractivity contribution in [2.24, 2.45) is 5.92 Å². The van der Waals surface area contributed by atoms with Crippen molar-refractivity contribution < 1.29 is 14.7 Å². The number of ketones is 1. The first-order valence-corrected chi connectivity index (χ1v) is 2.86. The second kappa shape index (κ2) is 6.13. The van der Waals surface area contributed by atoms with Gasteiger partial charge in [-0.25, -0.2) is 4.79 Å². The Labute approximate surface area is 89.8 Å². The number of aliphatic carboxylic acids is 1. The van der Waals surface area contributed by atoms with E-state index in [9.17, 15) is 9.59 Å². The Morgan fingerprint density at radius 2 is 1.90 bits per heavy atom. The van der Waals surface area contributed by atoms with E-state index in [0.29, 0.717) is 6.42 Å². The number of carboxylic acid groups (broad SMARTS) is 1. The molecule has 0 bridgehead atoms. The summed E-state index contributed by atoms with van der Waals surface area (Å²) in [6, 6.07) is 0. The largest absolute Gasteiger partial charge is 2.00 e. The van der Waals surface area contributed by atoms with Crippen LogP contribution in [0.1, 0.15) is 20.3 Å². The normalized spacial score (nSPS) is 11.4. The van der Waals surface area contributed by atoms with Crippen molar-refractivity contribution in [2.75, 3.05) is 0 Å². The predicted octanol–water partition coefficient (Wildman–Crippen LogP) is 0.305. The molecule has 1 N–H and O–H groups in total. The van der Waals surface area contributed by atoms with E-state index in [0.717, 1.165) is 0 Å². The fraction of sp³-hybridized carbons (Fsp3) is 0.667. The van der Waals surface area contributed by atoms with Gasteiger partial charge in [0.05, 0.1) is 0 Å². The minimum Gasteiger partial charge on any atom is -0.475 e. The zero-order valence-corrected chi connectivity index (χ0v) is 8.46. The zero-order chi connectivity index (χ0) is 7.44. The molecule has 0 spiro atoms. The smallest absolute Gasteiger partial charge is 0.475 e. The van der Waals surface area contributed by atoms with Crippen LogP contribution in [0.5, 0.6) is 0 Å². The fourth-order valence-corrected chi connectivity index (χ4v) is 0.396. The van der Waals surface area contributed by atoms with Crippen LogP contribution in [-0.2, 0) is 9.59 Å². The Kier molecular flexibility index (Phi) is 7.99. The first-order valence-electron chi connectivity index (χ1n) is 2.86. The molecule has 0 radical (unpaired) electrons. The Bertz CT molecular complexity index is 133. The van der Waals surface area contributed by atoms with Crippen LogP contribution in [0.3, 0.4) is 0 Å². The van der Waals surface area contributed by atoms with Gasteiger partial charge < -0.3 is 5.11 Å². The average molecular weight is 170 g/mol. The predicted molar refractivity (Wildman–Crippen MR) is 37.9 cm³/mol. The minimum absolute atomic E-state index is 0. The zero-order valence-electron chi connectivity index (χ0n) is 6.26. The van der Waals surface area contributed by atoms with Crippen molar-refractivity contribution in [3.8, 4) is 0 Å². The van der Waals surface area contributed by atoms with Crippen LogP contribution in [0.4, 0.5) is 0 Å². The number of carboxylic acids is 1. The molecule has 0 aromatic heterocycles. The van der Waals surface area contributed by atoms with Gasteiger partial charge in [-0.05, 0) is 6.42 Å². The maximum Gasteiger partial charge on any atom is 2.00 e. The Hall–Kier alpha value is 0.400. The molecule has 0 saturated heterocycles. The van der Waals surface area contributed by atoms with Crippen LogP contribution >= 0.6 is 0 Å². The summed E-state index contributed by atoms with van der Waals surface area (Å²) in [5.74, 6) is -2.37. The summed E-state index contributed by atoms with van der Waals surface area (Å²) >= 11 is 0. The summed E-state index contributed by atoms with van der Waals surface area (Å²) < 4.78 is 0. The molecular weight excluding hydrogens is 160 g/mol. The summed E-state index contributed by atoms with van der Waals surface area (Å²) in [6.07, 6.45) is 0.588. The Morgan fingerprint density at radius 3 is 2.00 bits per heavy atom. The molecule has 0 aliphatic heterocycles. The van der Waals surface area contributed by atoms with Crippen LogP contribution in [0.25, 0.3) is 0 Å². The van der Waals surface area contributed by atoms with Gasteiger partial charge >= 0.3 is 43.7 Å². The first kappa shape index (κ1) is 13.0. The monoisotopic (exact) mass is 170 g/mol. The molecular formula is C6H10CaO3+2. The summed E-state index contributed by atoms with van der Waals surface area (Å²) in [7, 11) is 0. The van der Waals surface area contributed by atoms with Crippen molar-refractivity contribution in [1.29, 1.82) is 0 Å². The van der Waals surface area contributed by atoms with Crippen LogP contribution in [-0.4, -0.2) is 54.6 Å². The summed E-state index contributed by atoms with van der Waals surface area (Å²) in [6.45, 7) is 3.39. The first-order chi connectivity index (χ1) is 4.09. The standard InChI is InChI=1S/C6H10O3.Ca/c1-3-4(2)5(7)6(8)9;/h4H,3H2,1-2H3,(H,8,9);/q;+2. The van der Waals surface area contributed by atoms with Gasteiger partial charge in [0.1, 0.15) is 0 Å². The van der Waals surface area contributed by atoms with E-state index in [4.69, 9.17) is 5.11 Å². The molecule has 0 heterocycles. The molecule has 0 rings (SSSR count). The van der Waals surface area contributed by atoms with Gasteiger partial charge in [-0.3, -0.25) is 4.79 Å². The second-order valence-corrected chi connectivity index (χ2v) is 1.98. The third-order valence-electron chi connectivity index (χ3n) is 1.27. The maximum absolute atomic E-state index is 10.5. The molecule has 0 aromatic carbocycles. The molecule has 52 valence electrons. The number of carbonyl (C=O) groups is 2. The van der Waals surface area contributed by atoms with Gasteiger partial charge in [-0.1, -0.05) is 13.8 Å². The van der Waals surface area contributed by atoms with E-state index in [-0.39, 0.29) is 43.7 Å². The van der Waals surface area contributed by atoms with Gasteiger partial charge in [0.2, 0.25) is 5.78 Å². The Morgan fingerprint density at radius 1 is 1.50 bits per heavy atom. The SMILES string of the molecule is CCC(C)C(=O)C(=O)O.[Ca+2]. The van der Waals surface area contributed by atoms with Crippen LogP contribution < -0.4 is 0 Å². The molecule has 0 fully saturated rings. The van der Waals surface area contributed by atoms with Crippen molar-refractivity contribution in [2.45, 2.75) is 20.3 Å². The van der Waals surface area contributed by atoms with E-state index >= 15 is 0 Å². The van der Waals surface area contributed by atoms with E-state index in [2.05, 4.69) is 0 Å². The van der Waals surface area contributed by atoms with E-state index in [1.54, 1.807) is 13.8 Å². The van der Waals surface area contributed by atoms with Crippen molar-refractivity contribution in [1.82, 2.24) is 0 Å². The van der Waals surface area contributed by atoms with Gasteiger partial charge in [-0.15, -0.1) is 0 Å². The molecule has 0 aromatic rings. The summed E-state index contributed by atoms with van der Waals surface area (Å²) in [5, 5.41) is 8.13. The molecule has 4 heteroatoms. The van der Waals surface area contributed by atoms with E-state index < -0.39 is 11.8 Å². The third kappa shape index (κ3) is 4.25. The third-order valence-corrected chi connectivity index (χ3v) is 1.27. The fourth-order valence-electron chi connectivity index (χ4n) is 0.396. The number of hydrogen-bond acceptors (Lipinski definition) is 2. The van der Waals surface area contributed by atoms with Gasteiger partial charge in [0.25, 0.3) is 0 Å². The van der Waals surface area contributed by atoms with E-state index in [1.807, 2.05) is 0 Å². The van der Waals surface area contributed by atoms with Gasteiger partial charge in [0.15, 0.2) is 0 Å². The summed E-state index contributed by atoms with van der Waals surface area (Å²) in [5.41, 5.74) is 0. The molecule has 10 heavy (non-hydrogen) atoms. The van der Waals surface area contributed by atoms with Gasteiger partial charge in [0, 0.05) is 5.92 Å².